The molecule has 2 aromatic carbocycles. The van der Waals surface area contributed by atoms with Gasteiger partial charge in [-0.25, -0.2) is 12.7 Å². The maximum atomic E-state index is 12.6. The lowest BCUT2D eigenvalue weighted by Gasteiger charge is -2.15. The largest absolute Gasteiger partial charge is 0.497 e. The molecule has 0 aliphatic carbocycles. The Morgan fingerprint density at radius 2 is 1.91 bits per heavy atom. The summed E-state index contributed by atoms with van der Waals surface area (Å²) >= 11 is 5.32. The van der Waals surface area contributed by atoms with Crippen molar-refractivity contribution in [3.8, 4) is 17.1 Å². The summed E-state index contributed by atoms with van der Waals surface area (Å²) < 4.78 is 33.5. The fourth-order valence-corrected chi connectivity index (χ4v) is 4.44. The number of ether oxygens (including phenoxy) is 1. The molecule has 0 fully saturated rings. The van der Waals surface area contributed by atoms with Gasteiger partial charge >= 0.3 is 0 Å². The average molecular weight is 476 g/mol. The molecular formula is C21H25N5O4S2. The highest BCUT2D eigenvalue weighted by Gasteiger charge is 2.20. The number of hydrogen-bond acceptors (Lipinski definition) is 6. The first-order chi connectivity index (χ1) is 15.1. The van der Waals surface area contributed by atoms with Gasteiger partial charge in [0.25, 0.3) is 0 Å². The highest BCUT2D eigenvalue weighted by Crippen LogP contribution is 2.23. The van der Waals surface area contributed by atoms with Crippen LogP contribution in [0.25, 0.3) is 11.4 Å². The number of carbonyl (C=O) groups is 1. The quantitative estimate of drug-likeness (QED) is 0.484. The molecule has 11 heteroatoms. The summed E-state index contributed by atoms with van der Waals surface area (Å²) in [6.45, 7) is 2.01. The number of sulfonamides is 1. The third-order valence-electron chi connectivity index (χ3n) is 4.90. The predicted molar refractivity (Wildman–Crippen MR) is 125 cm³/mol. The van der Waals surface area contributed by atoms with E-state index in [9.17, 15) is 13.2 Å². The van der Waals surface area contributed by atoms with E-state index in [0.717, 1.165) is 15.6 Å². The highest BCUT2D eigenvalue weighted by molar-refractivity contribution is 7.89. The molecule has 0 unspecified atom stereocenters. The lowest BCUT2D eigenvalue weighted by Crippen LogP contribution is -2.23. The maximum Gasteiger partial charge on any atom is 0.242 e. The Hall–Kier alpha value is -3.02. The van der Waals surface area contributed by atoms with Crippen molar-refractivity contribution in [1.82, 2.24) is 19.1 Å². The van der Waals surface area contributed by atoms with Gasteiger partial charge in [-0.05, 0) is 61.1 Å². The van der Waals surface area contributed by atoms with E-state index < -0.39 is 10.0 Å². The fraction of sp³-hybridized carbons (Fsp3) is 0.286. The van der Waals surface area contributed by atoms with Gasteiger partial charge in [-0.2, -0.15) is 5.10 Å². The van der Waals surface area contributed by atoms with Gasteiger partial charge in [0.15, 0.2) is 10.6 Å². The molecule has 0 saturated carbocycles. The number of aryl methyl sites for hydroxylation is 1. The second-order valence-electron chi connectivity index (χ2n) is 7.30. The Morgan fingerprint density at radius 3 is 2.53 bits per heavy atom. The first-order valence-corrected chi connectivity index (χ1v) is 11.6. The standard InChI is InChI=1S/C21H25N5O4S2/c1-14-5-8-16(13-18(14)32(28,29)25(2)3)22-19(27)11-12-26-20(23-24-21(26)31)15-6-9-17(30-4)10-7-15/h5-10,13H,11-12H2,1-4H3,(H,22,27)(H,24,31). The normalized spacial score (nSPS) is 11.5. The van der Waals surface area contributed by atoms with Crippen molar-refractivity contribution in [3.63, 3.8) is 0 Å². The topological polar surface area (TPSA) is 109 Å². The van der Waals surface area contributed by atoms with Crippen LogP contribution in [0.15, 0.2) is 47.4 Å². The first kappa shape index (κ1) is 23.6. The molecule has 0 spiro atoms. The SMILES string of the molecule is COc1ccc(-c2n[nH]c(=S)n2CCC(=O)Nc2ccc(C)c(S(=O)(=O)N(C)C)c2)cc1. The summed E-state index contributed by atoms with van der Waals surface area (Å²) in [5.74, 6) is 1.06. The molecule has 0 bridgehead atoms. The first-order valence-electron chi connectivity index (χ1n) is 9.76. The molecule has 0 aliphatic heterocycles. The molecule has 0 radical (unpaired) electrons. The van der Waals surface area contributed by atoms with E-state index in [1.807, 2.05) is 24.3 Å². The molecule has 1 aromatic heterocycles. The van der Waals surface area contributed by atoms with E-state index in [2.05, 4.69) is 15.5 Å². The monoisotopic (exact) mass is 475 g/mol. The molecule has 1 heterocycles. The molecule has 9 nitrogen and oxygen atoms in total. The molecule has 0 aliphatic rings. The molecule has 2 N–H and O–H groups in total. The number of H-pyrrole nitrogens is 1. The second-order valence-corrected chi connectivity index (χ2v) is 9.81. The van der Waals surface area contributed by atoms with E-state index in [-0.39, 0.29) is 17.2 Å². The van der Waals surface area contributed by atoms with Gasteiger partial charge in [0.05, 0.1) is 12.0 Å². The highest BCUT2D eigenvalue weighted by atomic mass is 32.2. The van der Waals surface area contributed by atoms with Crippen molar-refractivity contribution in [2.75, 3.05) is 26.5 Å². The summed E-state index contributed by atoms with van der Waals surface area (Å²) in [5.41, 5.74) is 1.84. The summed E-state index contributed by atoms with van der Waals surface area (Å²) in [6.07, 6.45) is 0.126. The number of nitrogens with one attached hydrogen (secondary N) is 2. The number of rotatable bonds is 8. The molecule has 3 aromatic rings. The Kier molecular flexibility index (Phi) is 7.12. The van der Waals surface area contributed by atoms with Crippen molar-refractivity contribution >= 4 is 33.8 Å². The lowest BCUT2D eigenvalue weighted by atomic mass is 10.2. The number of aromatic nitrogens is 3. The molecular weight excluding hydrogens is 450 g/mol. The molecule has 170 valence electrons. The van der Waals surface area contributed by atoms with Crippen LogP contribution in [-0.2, 0) is 21.4 Å². The van der Waals surface area contributed by atoms with Gasteiger partial charge in [0.1, 0.15) is 5.75 Å². The van der Waals surface area contributed by atoms with Crippen LogP contribution in [0.3, 0.4) is 0 Å². The van der Waals surface area contributed by atoms with Gasteiger partial charge in [-0.1, -0.05) is 6.07 Å². The minimum atomic E-state index is -3.62. The van der Waals surface area contributed by atoms with Crippen LogP contribution >= 0.6 is 12.2 Å². The molecule has 3 rings (SSSR count). The molecule has 0 saturated heterocycles. The van der Waals surface area contributed by atoms with Crippen LogP contribution in [0.1, 0.15) is 12.0 Å². The zero-order valence-corrected chi connectivity index (χ0v) is 19.9. The minimum absolute atomic E-state index is 0.126. The van der Waals surface area contributed by atoms with E-state index in [1.54, 1.807) is 30.7 Å². The number of benzene rings is 2. The third-order valence-corrected chi connectivity index (χ3v) is 7.17. The van der Waals surface area contributed by atoms with E-state index in [0.29, 0.717) is 28.4 Å². The number of anilines is 1. The van der Waals surface area contributed by atoms with Crippen LogP contribution in [0, 0.1) is 11.7 Å². The van der Waals surface area contributed by atoms with Crippen molar-refractivity contribution in [2.24, 2.45) is 0 Å². The second kappa shape index (κ2) is 9.63. The smallest absolute Gasteiger partial charge is 0.242 e. The number of nitrogens with zero attached hydrogens (tertiary/aromatic N) is 3. The number of hydrogen-bond donors (Lipinski definition) is 2. The molecule has 32 heavy (non-hydrogen) atoms. The van der Waals surface area contributed by atoms with Crippen molar-refractivity contribution < 1.29 is 17.9 Å². The van der Waals surface area contributed by atoms with Gasteiger partial charge in [0.2, 0.25) is 15.9 Å². The Labute approximate surface area is 192 Å². The minimum Gasteiger partial charge on any atom is -0.497 e. The van der Waals surface area contributed by atoms with Crippen molar-refractivity contribution in [1.29, 1.82) is 0 Å². The van der Waals surface area contributed by atoms with Crippen LogP contribution < -0.4 is 10.1 Å². The zero-order chi connectivity index (χ0) is 23.5. The van der Waals surface area contributed by atoms with E-state index in [4.69, 9.17) is 17.0 Å². The Balaban J connectivity index is 1.74. The number of amides is 1. The Bertz CT molecular complexity index is 1280. The number of aromatic amines is 1. The fourth-order valence-electron chi connectivity index (χ4n) is 3.07. The number of carbonyl (C=O) groups excluding carboxylic acids is 1. The van der Waals surface area contributed by atoms with Crippen molar-refractivity contribution in [2.45, 2.75) is 24.8 Å². The van der Waals surface area contributed by atoms with Gasteiger partial charge in [0, 0.05) is 38.3 Å². The third kappa shape index (κ3) is 5.06. The van der Waals surface area contributed by atoms with Crippen LogP contribution in [-0.4, -0.2) is 54.6 Å². The van der Waals surface area contributed by atoms with E-state index >= 15 is 0 Å². The molecule has 0 atom stereocenters. The predicted octanol–water partition coefficient (Wildman–Crippen LogP) is 3.20. The Morgan fingerprint density at radius 1 is 1.22 bits per heavy atom. The summed E-state index contributed by atoms with van der Waals surface area (Å²) in [7, 11) is 0.911. The summed E-state index contributed by atoms with van der Waals surface area (Å²) in [5, 5.41) is 9.79. The van der Waals surface area contributed by atoms with Gasteiger partial charge in [-0.3, -0.25) is 14.5 Å². The number of methoxy groups -OCH3 is 1. The lowest BCUT2D eigenvalue weighted by molar-refractivity contribution is -0.116. The van der Waals surface area contributed by atoms with Crippen LogP contribution in [0.5, 0.6) is 5.75 Å². The summed E-state index contributed by atoms with van der Waals surface area (Å²) in [4.78, 5) is 12.7. The van der Waals surface area contributed by atoms with Gasteiger partial charge < -0.3 is 10.1 Å². The van der Waals surface area contributed by atoms with Crippen molar-refractivity contribution in [3.05, 3.63) is 52.8 Å². The molecule has 1 amide bonds. The van der Waals surface area contributed by atoms with Crippen LogP contribution in [0.2, 0.25) is 0 Å². The average Bonchev–Trinajstić information content (AvgIpc) is 3.13. The van der Waals surface area contributed by atoms with Crippen LogP contribution in [0.4, 0.5) is 5.69 Å². The van der Waals surface area contributed by atoms with E-state index in [1.165, 1.54) is 20.2 Å². The van der Waals surface area contributed by atoms with Gasteiger partial charge in [-0.15, -0.1) is 0 Å². The maximum absolute atomic E-state index is 12.6. The zero-order valence-electron chi connectivity index (χ0n) is 18.2. The summed E-state index contributed by atoms with van der Waals surface area (Å²) in [6, 6.07) is 12.2.